The zero-order valence-electron chi connectivity index (χ0n) is 48.5. The van der Waals surface area contributed by atoms with Crippen molar-refractivity contribution in [1.82, 2.24) is 9.13 Å². The van der Waals surface area contributed by atoms with Gasteiger partial charge in [-0.15, -0.1) is 0 Å². The lowest BCUT2D eigenvalue weighted by Gasteiger charge is -2.35. The lowest BCUT2D eigenvalue weighted by molar-refractivity contribution is 1.17. The van der Waals surface area contributed by atoms with E-state index in [4.69, 9.17) is 0 Å². The van der Waals surface area contributed by atoms with E-state index >= 15 is 0 Å². The molecule has 0 saturated carbocycles. The molecule has 0 saturated heterocycles. The summed E-state index contributed by atoms with van der Waals surface area (Å²) in [4.78, 5) is 0. The van der Waals surface area contributed by atoms with Crippen molar-refractivity contribution in [3.63, 3.8) is 0 Å². The average molecular weight is 1150 g/mol. The monoisotopic (exact) mass is 1150 g/mol. The first-order chi connectivity index (χ1) is 43.7. The molecule has 0 radical (unpaired) electrons. The van der Waals surface area contributed by atoms with Crippen LogP contribution in [0.5, 0.6) is 0 Å². The molecule has 4 heteroatoms. The number of fused-ring (bicyclic) bond motifs is 6. The zero-order chi connectivity index (χ0) is 58.4. The van der Waals surface area contributed by atoms with E-state index in [-0.39, 0.29) is 0 Å². The molecule has 0 spiro atoms. The van der Waals surface area contributed by atoms with Crippen LogP contribution in [0.4, 0.5) is 0 Å². The van der Waals surface area contributed by atoms with Gasteiger partial charge in [0.1, 0.15) is 0 Å². The van der Waals surface area contributed by atoms with Crippen LogP contribution in [0.2, 0.25) is 0 Å². The van der Waals surface area contributed by atoms with Gasteiger partial charge in [0.15, 0.2) is 16.1 Å². The van der Waals surface area contributed by atoms with E-state index in [1.54, 1.807) is 0 Å². The van der Waals surface area contributed by atoms with Gasteiger partial charge in [-0.25, -0.2) is 0 Å². The molecule has 0 amide bonds. The van der Waals surface area contributed by atoms with Gasteiger partial charge in [0.2, 0.25) is 0 Å². The SMILES string of the molecule is c1ccc(-c2ccc([Si](c3ccccc3)(c3ccccc3)c3cccc4c3c3ccccc3n4-c3ccc4c(c3)c3ccccc3n4-c3cccc([Si](c4ccccc4)(c4cccc(-c5ccccc5)c4)c4cccc(-c5ccccc5)c4)c3)cc2)cc1. The Morgan fingerprint density at radius 3 is 1.09 bits per heavy atom. The topological polar surface area (TPSA) is 9.86 Å². The molecule has 2 aromatic heterocycles. The number of benzene rings is 14. The van der Waals surface area contributed by atoms with Gasteiger partial charge in [-0.1, -0.05) is 315 Å². The van der Waals surface area contributed by atoms with Gasteiger partial charge < -0.3 is 9.13 Å². The Kier molecular flexibility index (Phi) is 13.3. The van der Waals surface area contributed by atoms with Crippen molar-refractivity contribution in [2.75, 3.05) is 0 Å². The lowest BCUT2D eigenvalue weighted by atomic mass is 10.1. The van der Waals surface area contributed by atoms with Gasteiger partial charge in [0.05, 0.1) is 22.1 Å². The highest BCUT2D eigenvalue weighted by Gasteiger charge is 2.44. The summed E-state index contributed by atoms with van der Waals surface area (Å²) in [7, 11) is -6.16. The van der Waals surface area contributed by atoms with Gasteiger partial charge in [-0.3, -0.25) is 0 Å². The minimum atomic E-state index is -3.12. The molecule has 0 aliphatic rings. The highest BCUT2D eigenvalue weighted by Crippen LogP contribution is 2.38. The van der Waals surface area contributed by atoms with Gasteiger partial charge >= 0.3 is 0 Å². The van der Waals surface area contributed by atoms with E-state index in [0.29, 0.717) is 0 Å². The molecule has 0 N–H and O–H groups in total. The predicted molar refractivity (Wildman–Crippen MR) is 379 cm³/mol. The first kappa shape index (κ1) is 52.7. The molecule has 0 aliphatic carbocycles. The summed E-state index contributed by atoms with van der Waals surface area (Å²) in [6, 6.07) is 137. The van der Waals surface area contributed by atoms with E-state index in [0.717, 1.165) is 16.9 Å². The molecule has 2 heterocycles. The molecule has 0 fully saturated rings. The van der Waals surface area contributed by atoms with Crippen LogP contribution in [0.3, 0.4) is 0 Å². The normalized spacial score (nSPS) is 11.9. The number of hydrogen-bond acceptors (Lipinski definition) is 0. The van der Waals surface area contributed by atoms with Crippen LogP contribution in [-0.2, 0) is 0 Å². The summed E-state index contributed by atoms with van der Waals surface area (Å²) < 4.78 is 5.04. The average Bonchev–Trinajstić information content (AvgIpc) is 1.38. The van der Waals surface area contributed by atoms with Crippen LogP contribution in [0, 0.1) is 0 Å². The summed E-state index contributed by atoms with van der Waals surface area (Å²) in [5.74, 6) is 0. The highest BCUT2D eigenvalue weighted by atomic mass is 28.3. The molecule has 88 heavy (non-hydrogen) atoms. The van der Waals surface area contributed by atoms with Gasteiger partial charge in [-0.05, 0) is 123 Å². The Bertz CT molecular complexity index is 5050. The van der Waals surface area contributed by atoms with E-state index in [2.05, 4.69) is 373 Å². The predicted octanol–water partition coefficient (Wildman–Crippen LogP) is 15.6. The Labute approximate surface area is 515 Å². The fourth-order valence-electron chi connectivity index (χ4n) is 14.6. The summed E-state index contributed by atoms with van der Waals surface area (Å²) in [6.45, 7) is 0. The maximum Gasteiger partial charge on any atom is 0.180 e. The molecular formula is C84H60N2Si2. The Hall–Kier alpha value is -10.9. The summed E-state index contributed by atoms with van der Waals surface area (Å²) in [6.07, 6.45) is 0. The Morgan fingerprint density at radius 1 is 0.182 bits per heavy atom. The summed E-state index contributed by atoms with van der Waals surface area (Å²) in [5, 5.41) is 15.7. The quantitative estimate of drug-likeness (QED) is 0.0804. The zero-order valence-corrected chi connectivity index (χ0v) is 50.5. The smallest absolute Gasteiger partial charge is 0.180 e. The van der Waals surface area contributed by atoms with Crippen LogP contribution in [0.1, 0.15) is 0 Å². The van der Waals surface area contributed by atoms with Crippen molar-refractivity contribution in [2.24, 2.45) is 0 Å². The molecule has 414 valence electrons. The van der Waals surface area contributed by atoms with Crippen LogP contribution in [0.25, 0.3) is 88.4 Å². The maximum atomic E-state index is 2.53. The van der Waals surface area contributed by atoms with Crippen molar-refractivity contribution >= 4 is 101 Å². The third kappa shape index (κ3) is 8.67. The van der Waals surface area contributed by atoms with Crippen LogP contribution in [0.15, 0.2) is 364 Å². The number of nitrogens with zero attached hydrogens (tertiary/aromatic N) is 2. The van der Waals surface area contributed by atoms with Gasteiger partial charge in [0.25, 0.3) is 0 Å². The van der Waals surface area contributed by atoms with Crippen molar-refractivity contribution in [1.29, 1.82) is 0 Å². The van der Waals surface area contributed by atoms with Crippen molar-refractivity contribution in [3.8, 4) is 44.8 Å². The number of para-hydroxylation sites is 2. The van der Waals surface area contributed by atoms with Crippen LogP contribution < -0.4 is 41.5 Å². The number of aromatic nitrogens is 2. The molecular weight excluding hydrogens is 1090 g/mol. The standard InChI is InChI=1S/C84H60N2Si2/c1-7-27-61(28-8-1)64-51-54-72(55-52-64)88(70-38-15-5-16-39-70,71-40-17-6-18-41-71)83-50-26-49-82-84(83)77-46-20-22-48-80(77)86(82)68-53-56-81-78(60-68)76-45-19-21-47-79(76)85(81)67-35-25-44-75(59-67)87(69-36-13-4-14-37-69,73-42-23-33-65(57-73)62-29-9-2-10-30-62)74-43-24-34-66(58-74)63-31-11-3-12-32-63/h1-60H. The third-order valence-electron chi connectivity index (χ3n) is 18.4. The van der Waals surface area contributed by atoms with Gasteiger partial charge in [0, 0.05) is 32.9 Å². The lowest BCUT2D eigenvalue weighted by Crippen LogP contribution is -2.74. The van der Waals surface area contributed by atoms with Crippen molar-refractivity contribution in [2.45, 2.75) is 0 Å². The second-order valence-electron chi connectivity index (χ2n) is 23.1. The Balaban J connectivity index is 0.907. The van der Waals surface area contributed by atoms with Crippen LogP contribution >= 0.6 is 0 Å². The van der Waals surface area contributed by atoms with Crippen molar-refractivity contribution < 1.29 is 0 Å². The maximum absolute atomic E-state index is 3.12. The highest BCUT2D eigenvalue weighted by molar-refractivity contribution is 7.21. The van der Waals surface area contributed by atoms with Crippen LogP contribution in [-0.4, -0.2) is 25.3 Å². The molecule has 16 aromatic rings. The largest absolute Gasteiger partial charge is 0.309 e. The molecule has 16 rings (SSSR count). The fourth-order valence-corrected chi connectivity index (χ4v) is 24.4. The second kappa shape index (κ2) is 22.2. The molecule has 0 bridgehead atoms. The number of rotatable bonds is 13. The fraction of sp³-hybridized carbons (Fsp3) is 0. The minimum Gasteiger partial charge on any atom is -0.309 e. The molecule has 0 aliphatic heterocycles. The molecule has 14 aromatic carbocycles. The Morgan fingerprint density at radius 2 is 0.534 bits per heavy atom. The first-order valence-corrected chi connectivity index (χ1v) is 34.5. The third-order valence-corrected chi connectivity index (χ3v) is 28.0. The van der Waals surface area contributed by atoms with Gasteiger partial charge in [-0.2, -0.15) is 0 Å². The number of hydrogen-bond donors (Lipinski definition) is 0. The minimum absolute atomic E-state index is 1.12. The van der Waals surface area contributed by atoms with E-state index in [1.165, 1.54) is 113 Å². The molecule has 0 unspecified atom stereocenters. The van der Waals surface area contributed by atoms with E-state index in [9.17, 15) is 0 Å². The molecule has 2 nitrogen and oxygen atoms in total. The van der Waals surface area contributed by atoms with E-state index < -0.39 is 16.1 Å². The summed E-state index contributed by atoms with van der Waals surface area (Å²) in [5.41, 5.74) is 14.2. The van der Waals surface area contributed by atoms with E-state index in [1.807, 2.05) is 0 Å². The molecule has 0 atom stereocenters. The first-order valence-electron chi connectivity index (χ1n) is 30.5. The second-order valence-corrected chi connectivity index (χ2v) is 30.7. The summed E-state index contributed by atoms with van der Waals surface area (Å²) >= 11 is 0. The van der Waals surface area contributed by atoms with Crippen molar-refractivity contribution in [3.05, 3.63) is 364 Å².